The molecule has 2 rings (SSSR count). The van der Waals surface area contributed by atoms with Crippen LogP contribution in [0.1, 0.15) is 19.2 Å². The highest BCUT2D eigenvalue weighted by Gasteiger charge is 2.08. The normalized spacial score (nSPS) is 10.8. The van der Waals surface area contributed by atoms with Crippen LogP contribution < -0.4 is 5.73 Å². The quantitative estimate of drug-likeness (QED) is 0.801. The summed E-state index contributed by atoms with van der Waals surface area (Å²) in [5, 5.41) is 7.99. The van der Waals surface area contributed by atoms with E-state index in [2.05, 4.69) is 22.2 Å². The van der Waals surface area contributed by atoms with Crippen molar-refractivity contribution in [3.05, 3.63) is 18.3 Å². The SMILES string of the molecule is CCCn1cc(-c2noc(CN)n2)cn1. The molecule has 0 fully saturated rings. The molecule has 6 nitrogen and oxygen atoms in total. The number of aromatic nitrogens is 4. The highest BCUT2D eigenvalue weighted by atomic mass is 16.5. The summed E-state index contributed by atoms with van der Waals surface area (Å²) in [7, 11) is 0. The summed E-state index contributed by atoms with van der Waals surface area (Å²) < 4.78 is 6.77. The van der Waals surface area contributed by atoms with Gasteiger partial charge in [-0.2, -0.15) is 10.1 Å². The van der Waals surface area contributed by atoms with Crippen molar-refractivity contribution in [1.29, 1.82) is 0 Å². The van der Waals surface area contributed by atoms with Crippen LogP contribution in [-0.2, 0) is 13.1 Å². The molecule has 2 aromatic heterocycles. The minimum absolute atomic E-state index is 0.260. The zero-order chi connectivity index (χ0) is 10.7. The van der Waals surface area contributed by atoms with Gasteiger partial charge in [0.1, 0.15) is 0 Å². The van der Waals surface area contributed by atoms with Crippen molar-refractivity contribution in [1.82, 2.24) is 19.9 Å². The number of hydrogen-bond donors (Lipinski definition) is 1. The Morgan fingerprint density at radius 3 is 3.07 bits per heavy atom. The van der Waals surface area contributed by atoms with Crippen LogP contribution in [0.25, 0.3) is 11.4 Å². The van der Waals surface area contributed by atoms with E-state index in [1.54, 1.807) is 6.20 Å². The molecule has 0 radical (unpaired) electrons. The van der Waals surface area contributed by atoms with Gasteiger partial charge in [0.05, 0.1) is 18.3 Å². The zero-order valence-electron chi connectivity index (χ0n) is 8.55. The topological polar surface area (TPSA) is 82.8 Å². The van der Waals surface area contributed by atoms with Crippen molar-refractivity contribution in [3.63, 3.8) is 0 Å². The van der Waals surface area contributed by atoms with Gasteiger partial charge in [0.15, 0.2) is 0 Å². The molecule has 0 amide bonds. The summed E-state index contributed by atoms with van der Waals surface area (Å²) in [4.78, 5) is 4.12. The van der Waals surface area contributed by atoms with Gasteiger partial charge in [0, 0.05) is 12.7 Å². The number of rotatable bonds is 4. The van der Waals surface area contributed by atoms with Crippen LogP contribution in [0.15, 0.2) is 16.9 Å². The van der Waals surface area contributed by atoms with Crippen LogP contribution in [0.3, 0.4) is 0 Å². The molecule has 2 heterocycles. The lowest BCUT2D eigenvalue weighted by molar-refractivity contribution is 0.380. The molecule has 0 aliphatic carbocycles. The Hall–Kier alpha value is -1.69. The average Bonchev–Trinajstić information content (AvgIpc) is 2.85. The Balaban J connectivity index is 2.21. The molecule has 6 heteroatoms. The van der Waals surface area contributed by atoms with Gasteiger partial charge in [-0.3, -0.25) is 4.68 Å². The lowest BCUT2D eigenvalue weighted by Gasteiger charge is -1.93. The fourth-order valence-corrected chi connectivity index (χ4v) is 1.29. The molecule has 0 saturated heterocycles. The summed E-state index contributed by atoms with van der Waals surface area (Å²) in [6.07, 6.45) is 4.66. The Bertz CT molecular complexity index is 433. The number of hydrogen-bond acceptors (Lipinski definition) is 5. The summed E-state index contributed by atoms with van der Waals surface area (Å²) in [6.45, 7) is 3.25. The lowest BCUT2D eigenvalue weighted by Crippen LogP contribution is -1.96. The van der Waals surface area contributed by atoms with E-state index in [0.717, 1.165) is 18.5 Å². The summed E-state index contributed by atoms with van der Waals surface area (Å²) in [5.74, 6) is 0.978. The molecule has 2 N–H and O–H groups in total. The van der Waals surface area contributed by atoms with Crippen molar-refractivity contribution in [2.24, 2.45) is 5.73 Å². The second-order valence-corrected chi connectivity index (χ2v) is 3.21. The van der Waals surface area contributed by atoms with Crippen molar-refractivity contribution >= 4 is 0 Å². The van der Waals surface area contributed by atoms with Crippen LogP contribution in [0.5, 0.6) is 0 Å². The van der Waals surface area contributed by atoms with E-state index < -0.39 is 0 Å². The number of aryl methyl sites for hydroxylation is 1. The number of nitrogens with zero attached hydrogens (tertiary/aromatic N) is 4. The van der Waals surface area contributed by atoms with E-state index in [0.29, 0.717) is 11.7 Å². The predicted octanol–water partition coefficient (Wildman–Crippen LogP) is 0.802. The standard InChI is InChI=1S/C9H13N5O/c1-2-3-14-6-7(5-11-14)9-12-8(4-10)15-13-9/h5-6H,2-4,10H2,1H3. The highest BCUT2D eigenvalue weighted by molar-refractivity contribution is 5.50. The van der Waals surface area contributed by atoms with Gasteiger partial charge in [0.25, 0.3) is 0 Å². The first-order valence-corrected chi connectivity index (χ1v) is 4.89. The van der Waals surface area contributed by atoms with E-state index in [4.69, 9.17) is 10.3 Å². The van der Waals surface area contributed by atoms with Crippen LogP contribution >= 0.6 is 0 Å². The van der Waals surface area contributed by atoms with Gasteiger partial charge in [-0.15, -0.1) is 0 Å². The maximum Gasteiger partial charge on any atom is 0.240 e. The molecule has 0 aromatic carbocycles. The van der Waals surface area contributed by atoms with Crippen LogP contribution in [0.2, 0.25) is 0 Å². The van der Waals surface area contributed by atoms with Crippen molar-refractivity contribution in [2.75, 3.05) is 0 Å². The molecule has 0 atom stereocenters. The minimum atomic E-state index is 0.260. The van der Waals surface area contributed by atoms with E-state index >= 15 is 0 Å². The third-order valence-corrected chi connectivity index (χ3v) is 1.99. The van der Waals surface area contributed by atoms with Crippen LogP contribution in [0, 0.1) is 0 Å². The third-order valence-electron chi connectivity index (χ3n) is 1.99. The van der Waals surface area contributed by atoms with Crippen LogP contribution in [0.4, 0.5) is 0 Å². The Kier molecular flexibility index (Phi) is 2.77. The van der Waals surface area contributed by atoms with Crippen molar-refractivity contribution < 1.29 is 4.52 Å². The highest BCUT2D eigenvalue weighted by Crippen LogP contribution is 2.14. The third kappa shape index (κ3) is 2.04. The molecular weight excluding hydrogens is 194 g/mol. The van der Waals surface area contributed by atoms with E-state index in [1.807, 2.05) is 10.9 Å². The second-order valence-electron chi connectivity index (χ2n) is 3.21. The van der Waals surface area contributed by atoms with Gasteiger partial charge >= 0.3 is 0 Å². The predicted molar refractivity (Wildman–Crippen MR) is 53.7 cm³/mol. The molecule has 15 heavy (non-hydrogen) atoms. The van der Waals surface area contributed by atoms with Gasteiger partial charge in [0.2, 0.25) is 11.7 Å². The average molecular weight is 207 g/mol. The fraction of sp³-hybridized carbons (Fsp3) is 0.444. The van der Waals surface area contributed by atoms with Crippen LogP contribution in [-0.4, -0.2) is 19.9 Å². The van der Waals surface area contributed by atoms with Gasteiger partial charge in [-0.05, 0) is 6.42 Å². The van der Waals surface area contributed by atoms with E-state index in [-0.39, 0.29) is 6.54 Å². The molecule has 2 aromatic rings. The molecular formula is C9H13N5O. The maximum absolute atomic E-state index is 5.38. The largest absolute Gasteiger partial charge is 0.338 e. The Labute approximate surface area is 87.1 Å². The first kappa shape index (κ1) is 9.85. The summed E-state index contributed by atoms with van der Waals surface area (Å²) in [5.41, 5.74) is 6.23. The molecule has 0 aliphatic heterocycles. The summed E-state index contributed by atoms with van der Waals surface area (Å²) in [6, 6.07) is 0. The smallest absolute Gasteiger partial charge is 0.240 e. The van der Waals surface area contributed by atoms with Gasteiger partial charge in [-0.1, -0.05) is 12.1 Å². The first-order chi connectivity index (χ1) is 7.33. The fourth-order valence-electron chi connectivity index (χ4n) is 1.29. The molecule has 0 unspecified atom stereocenters. The minimum Gasteiger partial charge on any atom is -0.338 e. The monoisotopic (exact) mass is 207 g/mol. The van der Waals surface area contributed by atoms with E-state index in [9.17, 15) is 0 Å². The number of nitrogens with two attached hydrogens (primary N) is 1. The van der Waals surface area contributed by atoms with E-state index in [1.165, 1.54) is 0 Å². The molecule has 0 aliphatic rings. The van der Waals surface area contributed by atoms with Crippen molar-refractivity contribution in [2.45, 2.75) is 26.4 Å². The second kappa shape index (κ2) is 4.22. The maximum atomic E-state index is 5.38. The zero-order valence-corrected chi connectivity index (χ0v) is 8.55. The first-order valence-electron chi connectivity index (χ1n) is 4.89. The molecule has 0 saturated carbocycles. The van der Waals surface area contributed by atoms with Gasteiger partial charge < -0.3 is 10.3 Å². The molecule has 80 valence electrons. The molecule has 0 spiro atoms. The Morgan fingerprint density at radius 2 is 2.40 bits per heavy atom. The Morgan fingerprint density at radius 1 is 1.53 bits per heavy atom. The van der Waals surface area contributed by atoms with Gasteiger partial charge in [-0.25, -0.2) is 0 Å². The summed E-state index contributed by atoms with van der Waals surface area (Å²) >= 11 is 0. The van der Waals surface area contributed by atoms with Crippen molar-refractivity contribution in [3.8, 4) is 11.4 Å². The lowest BCUT2D eigenvalue weighted by atomic mass is 10.3. The molecule has 0 bridgehead atoms.